The highest BCUT2D eigenvalue weighted by Gasteiger charge is 2.50. The Balaban J connectivity index is 0.579. The van der Waals surface area contributed by atoms with E-state index in [2.05, 4.69) is 61.5 Å². The molecule has 4 fully saturated rings. The smallest absolute Gasteiger partial charge is 0.487 e. The van der Waals surface area contributed by atoms with Crippen molar-refractivity contribution < 1.29 is 68.3 Å². The van der Waals surface area contributed by atoms with Gasteiger partial charge >= 0.3 is 5.51 Å². The van der Waals surface area contributed by atoms with E-state index in [0.717, 1.165) is 83.3 Å². The molecule has 107 heavy (non-hydrogen) atoms. The van der Waals surface area contributed by atoms with Crippen molar-refractivity contribution in [1.29, 1.82) is 0 Å². The summed E-state index contributed by atoms with van der Waals surface area (Å²) in [5, 5.41) is 21.5. The summed E-state index contributed by atoms with van der Waals surface area (Å²) in [4.78, 5) is 69.6. The molecule has 570 valence electrons. The normalized spacial score (nSPS) is 20.2. The number of rotatable bonds is 28. The number of amides is 4. The molecule has 5 aromatic carbocycles. The topological polar surface area (TPSA) is 266 Å². The average Bonchev–Trinajstić information content (AvgIpc) is 0.927. The van der Waals surface area contributed by atoms with E-state index < -0.39 is 82.7 Å². The molecule has 6 aliphatic rings. The Hall–Kier alpha value is -8.03. The van der Waals surface area contributed by atoms with Crippen LogP contribution in [0.4, 0.5) is 24.5 Å². The van der Waals surface area contributed by atoms with Crippen LogP contribution in [0.15, 0.2) is 152 Å². The van der Waals surface area contributed by atoms with Gasteiger partial charge in [-0.1, -0.05) is 81.3 Å². The van der Waals surface area contributed by atoms with E-state index in [0.29, 0.717) is 81.9 Å². The van der Waals surface area contributed by atoms with Gasteiger partial charge in [0.25, 0.3) is 31.6 Å². The van der Waals surface area contributed by atoms with Gasteiger partial charge in [-0.05, 0) is 157 Å². The maximum Gasteiger partial charge on any atom is 0.501 e. The van der Waals surface area contributed by atoms with Gasteiger partial charge in [-0.25, -0.2) is 26.5 Å². The summed E-state index contributed by atoms with van der Waals surface area (Å²) in [5.41, 5.74) is 3.10. The molecule has 0 spiro atoms. The van der Waals surface area contributed by atoms with Gasteiger partial charge in [0.2, 0.25) is 17.7 Å². The van der Waals surface area contributed by atoms with Crippen LogP contribution in [0.3, 0.4) is 0 Å². The molecule has 2 aromatic heterocycles. The standard InChI is InChI=1S/C77H88ClF3N10O12S4/c1-48(2)71(75(96)91-44-58(92)36-65(91)74(95)82-40-49-13-23-62-66(34-49)102-45-64-72(62)105-47-83-64)67-38-69(85-103-67)101-33-9-8-12-70(93)90-43-56-35-57(90)42-89(56)28-26-54(46-104-59-10-6-5-7-11-59)84-63-24-22-60(37-68(63)106(97,98)77(79,80)81)107(99,100)86-73(94)51-16-20-55(21-17-51)88-31-29-87(30-32-88)41-52-39-76(3,4)27-25-61(52)50-14-18-53(78)19-15-50/h5-7,10-11,13-24,34,37-38,47-48,54,56-58,65,71,84,92H,8-9,12,25-33,35-36,39-46H2,1-4H3,(H,82,95)(H,86,94)/t54-,56-,57-,58-,65+,71+/m1/s1. The lowest BCUT2D eigenvalue weighted by Gasteiger charge is -2.39. The number of benzene rings is 5. The van der Waals surface area contributed by atoms with Crippen LogP contribution in [0.1, 0.15) is 124 Å². The maximum atomic E-state index is 14.6. The molecule has 6 atom stereocenters. The van der Waals surface area contributed by atoms with E-state index >= 15 is 0 Å². The number of unbranched alkanes of at least 4 members (excludes halogenated alkanes) is 1. The summed E-state index contributed by atoms with van der Waals surface area (Å²) in [6, 6.07) is 31.7. The minimum absolute atomic E-state index is 0.00858. The molecule has 13 rings (SSSR count). The van der Waals surface area contributed by atoms with Crippen molar-refractivity contribution in [3.8, 4) is 22.1 Å². The number of β-amino-alcohol motifs (C(OH)–C–C–N with tert-alkyl or cyclic N) is 1. The largest absolute Gasteiger partial charge is 0.501 e. The molecule has 1 aliphatic carbocycles. The summed E-state index contributed by atoms with van der Waals surface area (Å²) in [5.74, 6) is -1.61. The van der Waals surface area contributed by atoms with Crippen molar-refractivity contribution in [3.05, 3.63) is 166 Å². The first kappa shape index (κ1) is 77.1. The molecule has 4 N–H and O–H groups in total. The van der Waals surface area contributed by atoms with E-state index in [4.69, 9.17) is 25.6 Å². The zero-order chi connectivity index (χ0) is 75.5. The van der Waals surface area contributed by atoms with Crippen molar-refractivity contribution in [2.75, 3.05) is 81.5 Å². The fourth-order valence-electron chi connectivity index (χ4n) is 15.4. The number of anilines is 2. The van der Waals surface area contributed by atoms with E-state index in [9.17, 15) is 54.3 Å². The Morgan fingerprint density at radius 3 is 2.36 bits per heavy atom. The lowest BCUT2D eigenvalue weighted by molar-refractivity contribution is -0.141. The van der Waals surface area contributed by atoms with Crippen molar-refractivity contribution in [2.24, 2.45) is 11.3 Å². The second kappa shape index (κ2) is 32.7. The molecule has 30 heteroatoms. The number of thioether (sulfide) groups is 1. The van der Waals surface area contributed by atoms with Gasteiger partial charge in [0.1, 0.15) is 29.2 Å². The number of halogens is 4. The number of nitrogens with zero attached hydrogens (tertiary/aromatic N) is 7. The highest BCUT2D eigenvalue weighted by atomic mass is 35.5. The zero-order valence-electron chi connectivity index (χ0n) is 59.9. The molecule has 0 radical (unpaired) electrons. The lowest BCUT2D eigenvalue weighted by atomic mass is 9.73. The molecule has 4 saturated heterocycles. The van der Waals surface area contributed by atoms with Gasteiger partial charge in [-0.2, -0.15) is 13.2 Å². The van der Waals surface area contributed by atoms with Gasteiger partial charge in [-0.3, -0.25) is 29.0 Å². The number of hydrogen-bond donors (Lipinski definition) is 4. The Bertz CT molecular complexity index is 4650. The third-order valence-electron chi connectivity index (χ3n) is 21.1. The molecule has 0 unspecified atom stereocenters. The highest BCUT2D eigenvalue weighted by molar-refractivity contribution is 7.99. The Morgan fingerprint density at radius 1 is 0.869 bits per heavy atom. The first-order valence-electron chi connectivity index (χ1n) is 36.2. The SMILES string of the molecule is CC(C)[C@H](C(=O)N1C[C@H](O)C[C@H]1C(=O)NCc1ccc2c(c1)OCc1ncsc1-2)c1cc(OCCCCC(=O)N2C[C@H]3C[C@@H]2CN3CC[C@H](CSc2ccccc2)Nc2ccc(S(=O)(=O)NC(=O)c3ccc(N4CCN(CC5=C(c6ccc(Cl)cc6)CCC(C)(C)C5)CC4)cc3)cc2S(=O)(=O)C(F)(F)F)no1. The maximum absolute atomic E-state index is 14.6. The predicted octanol–water partition coefficient (Wildman–Crippen LogP) is 12.1. The minimum Gasteiger partial charge on any atom is -0.487 e. The number of nitrogens with one attached hydrogen (secondary N) is 3. The van der Waals surface area contributed by atoms with E-state index in [-0.39, 0.29) is 84.8 Å². The number of piperazine rings is 2. The van der Waals surface area contributed by atoms with Crippen molar-refractivity contribution in [2.45, 2.75) is 155 Å². The Morgan fingerprint density at radius 2 is 1.64 bits per heavy atom. The fraction of sp³-hybridized carbons (Fsp3) is 0.455. The second-order valence-corrected chi connectivity index (χ2v) is 35.6. The van der Waals surface area contributed by atoms with Crippen LogP contribution in [0.2, 0.25) is 5.02 Å². The van der Waals surface area contributed by atoms with Crippen molar-refractivity contribution >= 4 is 95.1 Å². The molecular formula is C77H88ClF3N10O12S4. The number of aliphatic hydroxyl groups is 1. The third kappa shape index (κ3) is 18.0. The van der Waals surface area contributed by atoms with E-state index in [1.807, 2.05) is 84.1 Å². The molecule has 4 amide bonds. The number of hydrogen-bond acceptors (Lipinski definition) is 20. The van der Waals surface area contributed by atoms with E-state index in [1.165, 1.54) is 45.5 Å². The van der Waals surface area contributed by atoms with Crippen LogP contribution in [-0.4, -0.2) is 182 Å². The van der Waals surface area contributed by atoms with Crippen molar-refractivity contribution in [1.82, 2.24) is 39.8 Å². The molecule has 2 bridgehead atoms. The summed E-state index contributed by atoms with van der Waals surface area (Å²) in [6.45, 7) is 14.3. The van der Waals surface area contributed by atoms with Crippen molar-refractivity contribution in [3.63, 3.8) is 0 Å². The van der Waals surface area contributed by atoms with Gasteiger partial charge in [0.15, 0.2) is 5.76 Å². The number of aromatic nitrogens is 2. The minimum atomic E-state index is -6.18. The second-order valence-electron chi connectivity index (χ2n) is 29.6. The van der Waals surface area contributed by atoms with Crippen LogP contribution in [0.25, 0.3) is 16.0 Å². The third-order valence-corrected chi connectivity index (χ3v) is 26.3. The summed E-state index contributed by atoms with van der Waals surface area (Å²) in [7, 11) is -11.1. The number of thiazole rings is 1. The number of fused-ring (bicyclic) bond motifs is 5. The van der Waals surface area contributed by atoms with E-state index in [1.54, 1.807) is 35.0 Å². The van der Waals surface area contributed by atoms with Gasteiger partial charge < -0.3 is 44.4 Å². The molecular weight excluding hydrogens is 1480 g/mol. The first-order chi connectivity index (χ1) is 51.1. The van der Waals surface area contributed by atoms with Crippen LogP contribution < -0.4 is 29.7 Å². The molecule has 0 saturated carbocycles. The van der Waals surface area contributed by atoms with Crippen LogP contribution in [-0.2, 0) is 47.4 Å². The van der Waals surface area contributed by atoms with Gasteiger partial charge in [0.05, 0.1) is 39.4 Å². The summed E-state index contributed by atoms with van der Waals surface area (Å²) in [6.07, 6.45) is 4.54. The highest BCUT2D eigenvalue weighted by Crippen LogP contribution is 2.45. The van der Waals surface area contributed by atoms with Crippen LogP contribution in [0.5, 0.6) is 11.6 Å². The first-order valence-corrected chi connectivity index (χ1v) is 41.4. The predicted molar refractivity (Wildman–Crippen MR) is 403 cm³/mol. The number of alkyl halides is 3. The number of carbonyl (C=O) groups excluding carboxylic acids is 4. The number of likely N-dealkylation sites (tertiary alicyclic amines) is 3. The Kier molecular flexibility index (Phi) is 23.5. The summed E-state index contributed by atoms with van der Waals surface area (Å²) < 4.78 is 118. The fourth-order valence-corrected chi connectivity index (χ4v) is 19.4. The zero-order valence-corrected chi connectivity index (χ0v) is 64.0. The quantitative estimate of drug-likeness (QED) is 0.0262. The number of sulfone groups is 1. The molecule has 22 nitrogen and oxygen atoms in total. The van der Waals surface area contributed by atoms with Gasteiger partial charge in [0, 0.05) is 135 Å². The average molecular weight is 1570 g/mol. The number of aliphatic hydroxyl groups excluding tert-OH is 1. The van der Waals surface area contributed by atoms with Crippen LogP contribution in [0, 0.1) is 11.3 Å². The summed E-state index contributed by atoms with van der Waals surface area (Å²) >= 11 is 9.18. The molecule has 7 heterocycles. The molecule has 5 aliphatic heterocycles. The number of sulfonamides is 1. The number of carbonyl (C=O) groups is 4. The number of allylic oxidation sites excluding steroid dienone is 1. The number of ether oxygens (including phenoxy) is 2. The lowest BCUT2D eigenvalue weighted by Crippen LogP contribution is -2.49. The van der Waals surface area contributed by atoms with Crippen LogP contribution >= 0.6 is 34.7 Å². The molecule has 7 aromatic rings. The van der Waals surface area contributed by atoms with Gasteiger partial charge in [-0.15, -0.1) is 23.1 Å². The Labute approximate surface area is 634 Å². The monoisotopic (exact) mass is 1560 g/mol.